The fourth-order valence-electron chi connectivity index (χ4n) is 3.53. The van der Waals surface area contributed by atoms with Crippen LogP contribution in [0.25, 0.3) is 0 Å². The summed E-state index contributed by atoms with van der Waals surface area (Å²) in [5, 5.41) is 6.88. The highest BCUT2D eigenvalue weighted by molar-refractivity contribution is 14.0. The maximum atomic E-state index is 4.31. The number of hydrogen-bond donors (Lipinski definition) is 2. The summed E-state index contributed by atoms with van der Waals surface area (Å²) in [4.78, 5) is 6.89. The molecule has 1 aromatic rings. The van der Waals surface area contributed by atoms with Gasteiger partial charge >= 0.3 is 0 Å². The summed E-state index contributed by atoms with van der Waals surface area (Å²) in [6, 6.07) is 9.63. The SMILES string of the molecule is CN=C(NCc1ccc(CN2CCCC(C)C2)cc1)NC1CC1C.I. The van der Waals surface area contributed by atoms with Gasteiger partial charge in [0.1, 0.15) is 0 Å². The van der Waals surface area contributed by atoms with Crippen molar-refractivity contribution in [1.82, 2.24) is 15.5 Å². The number of halogens is 1. The van der Waals surface area contributed by atoms with Gasteiger partial charge < -0.3 is 10.6 Å². The van der Waals surface area contributed by atoms with Crippen LogP contribution in [0.15, 0.2) is 29.3 Å². The topological polar surface area (TPSA) is 39.7 Å². The van der Waals surface area contributed by atoms with Crippen molar-refractivity contribution in [2.75, 3.05) is 20.1 Å². The lowest BCUT2D eigenvalue weighted by molar-refractivity contribution is 0.176. The largest absolute Gasteiger partial charge is 0.353 e. The van der Waals surface area contributed by atoms with E-state index < -0.39 is 0 Å². The molecule has 1 heterocycles. The molecule has 2 fully saturated rings. The Balaban J connectivity index is 0.00000225. The third kappa shape index (κ3) is 6.44. The average molecular weight is 456 g/mol. The first-order valence-electron chi connectivity index (χ1n) is 9.41. The first kappa shape index (κ1) is 20.5. The molecule has 5 heteroatoms. The average Bonchev–Trinajstić information content (AvgIpc) is 3.28. The van der Waals surface area contributed by atoms with Crippen LogP contribution in [-0.2, 0) is 13.1 Å². The van der Waals surface area contributed by atoms with Crippen LogP contribution in [0.1, 0.15) is 44.2 Å². The monoisotopic (exact) mass is 456 g/mol. The van der Waals surface area contributed by atoms with Gasteiger partial charge in [0.15, 0.2) is 5.96 Å². The molecular formula is C20H33IN4. The summed E-state index contributed by atoms with van der Waals surface area (Å²) in [6.07, 6.45) is 3.98. The van der Waals surface area contributed by atoms with E-state index in [1.165, 1.54) is 43.5 Å². The van der Waals surface area contributed by atoms with Crippen molar-refractivity contribution in [3.05, 3.63) is 35.4 Å². The van der Waals surface area contributed by atoms with Crippen LogP contribution in [-0.4, -0.2) is 37.0 Å². The van der Waals surface area contributed by atoms with Gasteiger partial charge in [-0.1, -0.05) is 38.1 Å². The minimum Gasteiger partial charge on any atom is -0.353 e. The Labute approximate surface area is 169 Å². The van der Waals surface area contributed by atoms with Crippen LogP contribution in [0, 0.1) is 11.8 Å². The number of aliphatic imine (C=N–C) groups is 1. The lowest BCUT2D eigenvalue weighted by Gasteiger charge is -2.30. The number of benzene rings is 1. The molecule has 25 heavy (non-hydrogen) atoms. The summed E-state index contributed by atoms with van der Waals surface area (Å²) in [7, 11) is 1.84. The first-order valence-corrected chi connectivity index (χ1v) is 9.41. The van der Waals surface area contributed by atoms with Crippen LogP contribution < -0.4 is 10.6 Å². The number of piperidine rings is 1. The van der Waals surface area contributed by atoms with Gasteiger partial charge in [0.05, 0.1) is 0 Å². The molecule has 2 aliphatic rings. The van der Waals surface area contributed by atoms with Crippen LogP contribution in [0.3, 0.4) is 0 Å². The molecule has 1 saturated carbocycles. The molecule has 0 radical (unpaired) electrons. The van der Waals surface area contributed by atoms with Gasteiger partial charge in [0, 0.05) is 32.7 Å². The van der Waals surface area contributed by atoms with Gasteiger partial charge in [-0.05, 0) is 48.8 Å². The number of guanidine groups is 1. The predicted octanol–water partition coefficient (Wildman–Crippen LogP) is 3.61. The lowest BCUT2D eigenvalue weighted by atomic mass is 9.99. The number of rotatable bonds is 5. The van der Waals surface area contributed by atoms with Crippen molar-refractivity contribution in [1.29, 1.82) is 0 Å². The summed E-state index contributed by atoms with van der Waals surface area (Å²) >= 11 is 0. The second-order valence-electron chi connectivity index (χ2n) is 7.69. The molecule has 0 amide bonds. The zero-order chi connectivity index (χ0) is 16.9. The predicted molar refractivity (Wildman–Crippen MR) is 116 cm³/mol. The van der Waals surface area contributed by atoms with E-state index in [1.54, 1.807) is 0 Å². The van der Waals surface area contributed by atoms with E-state index in [9.17, 15) is 0 Å². The highest BCUT2D eigenvalue weighted by atomic mass is 127. The van der Waals surface area contributed by atoms with E-state index in [-0.39, 0.29) is 24.0 Å². The molecule has 140 valence electrons. The van der Waals surface area contributed by atoms with E-state index in [0.717, 1.165) is 30.9 Å². The molecular weight excluding hydrogens is 423 g/mol. The number of hydrogen-bond acceptors (Lipinski definition) is 2. The van der Waals surface area contributed by atoms with Crippen molar-refractivity contribution < 1.29 is 0 Å². The van der Waals surface area contributed by atoms with Gasteiger partial charge in [-0.15, -0.1) is 24.0 Å². The molecule has 1 saturated heterocycles. The minimum atomic E-state index is 0. The van der Waals surface area contributed by atoms with Crippen molar-refractivity contribution >= 4 is 29.9 Å². The molecule has 1 aromatic carbocycles. The van der Waals surface area contributed by atoms with Gasteiger partial charge in [0.25, 0.3) is 0 Å². The molecule has 3 rings (SSSR count). The van der Waals surface area contributed by atoms with Crippen LogP contribution in [0.2, 0.25) is 0 Å². The summed E-state index contributed by atoms with van der Waals surface area (Å²) in [6.45, 7) is 9.03. The summed E-state index contributed by atoms with van der Waals surface area (Å²) < 4.78 is 0. The Bertz CT molecular complexity index is 557. The molecule has 1 aliphatic carbocycles. The number of likely N-dealkylation sites (tertiary alicyclic amines) is 1. The van der Waals surface area contributed by atoms with Crippen molar-refractivity contribution in [3.8, 4) is 0 Å². The van der Waals surface area contributed by atoms with Crippen LogP contribution in [0.5, 0.6) is 0 Å². The Morgan fingerprint density at radius 2 is 1.88 bits per heavy atom. The zero-order valence-electron chi connectivity index (χ0n) is 15.8. The van der Waals surface area contributed by atoms with E-state index >= 15 is 0 Å². The Hall–Kier alpha value is -0.820. The first-order chi connectivity index (χ1) is 11.6. The van der Waals surface area contributed by atoms with E-state index in [4.69, 9.17) is 0 Å². The van der Waals surface area contributed by atoms with Crippen LogP contribution in [0.4, 0.5) is 0 Å². The number of nitrogens with one attached hydrogen (secondary N) is 2. The fourth-order valence-corrected chi connectivity index (χ4v) is 3.53. The van der Waals surface area contributed by atoms with Crippen molar-refractivity contribution in [3.63, 3.8) is 0 Å². The maximum Gasteiger partial charge on any atom is 0.191 e. The third-order valence-electron chi connectivity index (χ3n) is 5.29. The fraction of sp³-hybridized carbons (Fsp3) is 0.650. The molecule has 0 aromatic heterocycles. The molecule has 0 bridgehead atoms. The van der Waals surface area contributed by atoms with E-state index in [0.29, 0.717) is 6.04 Å². The molecule has 3 unspecified atom stereocenters. The molecule has 0 spiro atoms. The van der Waals surface area contributed by atoms with Gasteiger partial charge in [-0.25, -0.2) is 0 Å². The third-order valence-corrected chi connectivity index (χ3v) is 5.29. The zero-order valence-corrected chi connectivity index (χ0v) is 18.1. The quantitative estimate of drug-likeness (QED) is 0.404. The van der Waals surface area contributed by atoms with Crippen LogP contribution >= 0.6 is 24.0 Å². The van der Waals surface area contributed by atoms with Gasteiger partial charge in [-0.3, -0.25) is 9.89 Å². The van der Waals surface area contributed by atoms with E-state index in [1.807, 2.05) is 7.05 Å². The minimum absolute atomic E-state index is 0. The Morgan fingerprint density at radius 3 is 2.48 bits per heavy atom. The normalized spacial score (nSPS) is 26.7. The molecule has 1 aliphatic heterocycles. The summed E-state index contributed by atoms with van der Waals surface area (Å²) in [5.41, 5.74) is 2.72. The maximum absolute atomic E-state index is 4.31. The number of nitrogens with zero attached hydrogens (tertiary/aromatic N) is 2. The van der Waals surface area contributed by atoms with Gasteiger partial charge in [-0.2, -0.15) is 0 Å². The van der Waals surface area contributed by atoms with Crippen molar-refractivity contribution in [2.45, 2.75) is 52.2 Å². The summed E-state index contributed by atoms with van der Waals surface area (Å²) in [5.74, 6) is 2.53. The van der Waals surface area contributed by atoms with Crippen molar-refractivity contribution in [2.24, 2.45) is 16.8 Å². The highest BCUT2D eigenvalue weighted by Crippen LogP contribution is 2.28. The molecule has 3 atom stereocenters. The smallest absolute Gasteiger partial charge is 0.191 e. The second-order valence-corrected chi connectivity index (χ2v) is 7.69. The molecule has 4 nitrogen and oxygen atoms in total. The van der Waals surface area contributed by atoms with E-state index in [2.05, 4.69) is 58.6 Å². The highest BCUT2D eigenvalue weighted by Gasteiger charge is 2.33. The molecule has 2 N–H and O–H groups in total. The lowest BCUT2D eigenvalue weighted by Crippen LogP contribution is -2.38. The Morgan fingerprint density at radius 1 is 1.20 bits per heavy atom. The standard InChI is InChI=1S/C20H32N4.HI/c1-15-5-4-10-24(13-15)14-18-8-6-17(7-9-18)12-22-20(21-3)23-19-11-16(19)2;/h6-9,15-16,19H,4-5,10-14H2,1-3H3,(H2,21,22,23);1H. The second kappa shape index (κ2) is 9.76. The Kier molecular flexibility index (Phi) is 8.00. The van der Waals surface area contributed by atoms with Gasteiger partial charge in [0.2, 0.25) is 0 Å².